The molecule has 0 bridgehead atoms. The van der Waals surface area contributed by atoms with Crippen LogP contribution in [0, 0.1) is 0 Å². The van der Waals surface area contributed by atoms with E-state index in [1.54, 1.807) is 16.7 Å². The van der Waals surface area contributed by atoms with Gasteiger partial charge in [0.1, 0.15) is 0 Å². The quantitative estimate of drug-likeness (QED) is 0.193. The van der Waals surface area contributed by atoms with Crippen LogP contribution in [0.3, 0.4) is 0 Å². The smallest absolute Gasteiger partial charge is 0.278 e. The summed E-state index contributed by atoms with van der Waals surface area (Å²) in [5.41, 5.74) is 4.05. The van der Waals surface area contributed by atoms with Gasteiger partial charge in [-0.2, -0.15) is 9.97 Å². The van der Waals surface area contributed by atoms with Crippen LogP contribution in [0.2, 0.25) is 0 Å². The summed E-state index contributed by atoms with van der Waals surface area (Å²) < 4.78 is 4.85. The summed E-state index contributed by atoms with van der Waals surface area (Å²) in [4.78, 5) is 43.9. The number of rotatable bonds is 5. The Morgan fingerprint density at radius 2 is 0.857 bits per heavy atom. The zero-order chi connectivity index (χ0) is 32.9. The van der Waals surface area contributed by atoms with Crippen LogP contribution in [-0.2, 0) is 0 Å². The third-order valence-corrected chi connectivity index (χ3v) is 8.77. The summed E-state index contributed by atoms with van der Waals surface area (Å²) in [5, 5.41) is 1.96. The second kappa shape index (κ2) is 11.4. The molecule has 0 amide bonds. The van der Waals surface area contributed by atoms with Crippen LogP contribution in [0.15, 0.2) is 167 Å². The Morgan fingerprint density at radius 3 is 1.43 bits per heavy atom. The number of para-hydroxylation sites is 3. The molecule has 49 heavy (non-hydrogen) atoms. The van der Waals surface area contributed by atoms with Crippen LogP contribution >= 0.6 is 0 Å². The number of benzene rings is 6. The standard InChI is InChI=1S/C41H26N6O2/c48-39-36-34(45(29-19-9-3-10-20-29)41(49)46(39)30-21-11-4-12-22-30)26-25-33-35(36)31-23-13-14-24-32(31)47(33)40-43-37(27-15-5-1-6-16-27)42-38(44-40)28-17-7-2-8-18-28/h1-26H. The Hall–Kier alpha value is -6.93. The highest BCUT2D eigenvalue weighted by atomic mass is 16.2. The predicted octanol–water partition coefficient (Wildman–Crippen LogP) is 7.76. The highest BCUT2D eigenvalue weighted by Crippen LogP contribution is 2.36. The van der Waals surface area contributed by atoms with E-state index in [1.165, 1.54) is 4.57 Å². The molecule has 0 N–H and O–H groups in total. The third kappa shape index (κ3) is 4.57. The first-order chi connectivity index (χ1) is 24.2. The van der Waals surface area contributed by atoms with E-state index in [-0.39, 0.29) is 0 Å². The zero-order valence-corrected chi connectivity index (χ0v) is 26.0. The van der Waals surface area contributed by atoms with E-state index in [0.717, 1.165) is 27.5 Å². The van der Waals surface area contributed by atoms with Gasteiger partial charge in [-0.3, -0.25) is 13.9 Å². The van der Waals surface area contributed by atoms with Crippen molar-refractivity contribution in [2.24, 2.45) is 0 Å². The van der Waals surface area contributed by atoms with Crippen molar-refractivity contribution in [3.05, 3.63) is 179 Å². The minimum absolute atomic E-state index is 0.405. The first-order valence-electron chi connectivity index (χ1n) is 15.9. The average Bonchev–Trinajstić information content (AvgIpc) is 3.51. The van der Waals surface area contributed by atoms with Gasteiger partial charge in [-0.05, 0) is 42.5 Å². The Kier molecular flexibility index (Phi) is 6.58. The fraction of sp³-hybridized carbons (Fsp3) is 0. The van der Waals surface area contributed by atoms with Crippen molar-refractivity contribution < 1.29 is 0 Å². The minimum Gasteiger partial charge on any atom is -0.278 e. The number of aromatic nitrogens is 6. The average molecular weight is 635 g/mol. The molecule has 0 saturated heterocycles. The Balaban J connectivity index is 1.44. The van der Waals surface area contributed by atoms with Gasteiger partial charge in [-0.25, -0.2) is 14.3 Å². The molecule has 0 unspecified atom stereocenters. The molecule has 0 saturated carbocycles. The van der Waals surface area contributed by atoms with Crippen molar-refractivity contribution in [2.45, 2.75) is 0 Å². The van der Waals surface area contributed by atoms with E-state index >= 15 is 0 Å². The maximum absolute atomic E-state index is 14.7. The second-order valence-electron chi connectivity index (χ2n) is 11.7. The topological polar surface area (TPSA) is 87.6 Å². The molecule has 0 atom stereocenters. The summed E-state index contributed by atoms with van der Waals surface area (Å²) in [5.74, 6) is 1.47. The molecule has 8 nitrogen and oxygen atoms in total. The Morgan fingerprint density at radius 1 is 0.388 bits per heavy atom. The fourth-order valence-corrected chi connectivity index (χ4v) is 6.60. The summed E-state index contributed by atoms with van der Waals surface area (Å²) in [6, 6.07) is 49.8. The van der Waals surface area contributed by atoms with Gasteiger partial charge in [0.15, 0.2) is 11.6 Å². The summed E-state index contributed by atoms with van der Waals surface area (Å²) >= 11 is 0. The van der Waals surface area contributed by atoms with Crippen LogP contribution in [0.1, 0.15) is 0 Å². The van der Waals surface area contributed by atoms with Crippen molar-refractivity contribution in [3.63, 3.8) is 0 Å². The summed E-state index contributed by atoms with van der Waals surface area (Å²) in [6.45, 7) is 0. The lowest BCUT2D eigenvalue weighted by molar-refractivity contribution is 0.835. The van der Waals surface area contributed by atoms with Crippen LogP contribution in [0.25, 0.3) is 72.8 Å². The van der Waals surface area contributed by atoms with Crippen molar-refractivity contribution >= 4 is 32.7 Å². The van der Waals surface area contributed by atoms with Crippen LogP contribution in [0.5, 0.6) is 0 Å². The van der Waals surface area contributed by atoms with Gasteiger partial charge in [0.25, 0.3) is 5.56 Å². The van der Waals surface area contributed by atoms with Gasteiger partial charge in [-0.1, -0.05) is 115 Å². The molecule has 232 valence electrons. The molecule has 3 aromatic heterocycles. The van der Waals surface area contributed by atoms with Gasteiger partial charge in [0.05, 0.1) is 33.3 Å². The van der Waals surface area contributed by atoms with E-state index < -0.39 is 11.2 Å². The van der Waals surface area contributed by atoms with Gasteiger partial charge in [-0.15, -0.1) is 0 Å². The van der Waals surface area contributed by atoms with E-state index in [4.69, 9.17) is 15.0 Å². The number of fused-ring (bicyclic) bond motifs is 5. The molecule has 0 aliphatic rings. The second-order valence-corrected chi connectivity index (χ2v) is 11.7. The summed E-state index contributed by atoms with van der Waals surface area (Å²) in [6.07, 6.45) is 0. The molecule has 9 rings (SSSR count). The molecule has 0 aliphatic heterocycles. The molecular weight excluding hydrogens is 608 g/mol. The zero-order valence-electron chi connectivity index (χ0n) is 26.0. The van der Waals surface area contributed by atoms with Crippen LogP contribution in [-0.4, -0.2) is 28.7 Å². The number of hydrogen-bond donors (Lipinski definition) is 0. The van der Waals surface area contributed by atoms with E-state index in [9.17, 15) is 9.59 Å². The molecule has 6 aromatic carbocycles. The minimum atomic E-state index is -0.449. The van der Waals surface area contributed by atoms with Gasteiger partial charge >= 0.3 is 5.69 Å². The predicted molar refractivity (Wildman–Crippen MR) is 194 cm³/mol. The molecule has 0 aliphatic carbocycles. The van der Waals surface area contributed by atoms with Gasteiger partial charge < -0.3 is 0 Å². The monoisotopic (exact) mass is 634 g/mol. The lowest BCUT2D eigenvalue weighted by atomic mass is 10.1. The number of hydrogen-bond acceptors (Lipinski definition) is 5. The highest BCUT2D eigenvalue weighted by molar-refractivity contribution is 6.20. The van der Waals surface area contributed by atoms with Crippen molar-refractivity contribution in [1.29, 1.82) is 0 Å². The molecular formula is C41H26N6O2. The molecule has 9 aromatic rings. The third-order valence-electron chi connectivity index (χ3n) is 8.77. The normalized spacial score (nSPS) is 11.4. The Labute approximate surface area is 279 Å². The highest BCUT2D eigenvalue weighted by Gasteiger charge is 2.24. The van der Waals surface area contributed by atoms with Gasteiger partial charge in [0.2, 0.25) is 5.95 Å². The molecule has 3 heterocycles. The van der Waals surface area contributed by atoms with E-state index in [2.05, 4.69) is 0 Å². The molecule has 0 fully saturated rings. The fourth-order valence-electron chi connectivity index (χ4n) is 6.60. The van der Waals surface area contributed by atoms with Crippen LogP contribution in [0.4, 0.5) is 0 Å². The lowest BCUT2D eigenvalue weighted by Gasteiger charge is -2.15. The SMILES string of the molecule is O=c1c2c3c4ccccc4n(-c4nc(-c5ccccc5)nc(-c5ccccc5)n4)c3ccc2n(-c2ccccc2)c(=O)n1-c1ccccc1. The first-order valence-corrected chi connectivity index (χ1v) is 15.9. The van der Waals surface area contributed by atoms with Gasteiger partial charge in [0, 0.05) is 21.9 Å². The largest absolute Gasteiger partial charge is 0.340 e. The molecule has 0 radical (unpaired) electrons. The van der Waals surface area contributed by atoms with E-state index in [0.29, 0.717) is 45.3 Å². The molecule has 0 spiro atoms. The number of nitrogens with zero attached hydrogens (tertiary/aromatic N) is 6. The van der Waals surface area contributed by atoms with Crippen LogP contribution < -0.4 is 11.2 Å². The van der Waals surface area contributed by atoms with Crippen molar-refractivity contribution in [1.82, 2.24) is 28.7 Å². The van der Waals surface area contributed by atoms with E-state index in [1.807, 2.05) is 150 Å². The maximum Gasteiger partial charge on any atom is 0.340 e. The van der Waals surface area contributed by atoms with Crippen molar-refractivity contribution in [3.8, 4) is 40.1 Å². The molecule has 8 heteroatoms. The lowest BCUT2D eigenvalue weighted by Crippen LogP contribution is -2.38. The van der Waals surface area contributed by atoms with Crippen molar-refractivity contribution in [2.75, 3.05) is 0 Å². The summed E-state index contributed by atoms with van der Waals surface area (Å²) in [7, 11) is 0. The first kappa shape index (κ1) is 28.3. The maximum atomic E-state index is 14.7. The Bertz CT molecular complexity index is 2730.